The number of carbonyl (C=O) groups is 1. The van der Waals surface area contributed by atoms with Crippen molar-refractivity contribution in [2.24, 2.45) is 0 Å². The topological polar surface area (TPSA) is 92.7 Å². The van der Waals surface area contributed by atoms with Crippen LogP contribution in [-0.2, 0) is 16.3 Å². The molecule has 2 aromatic rings. The Morgan fingerprint density at radius 2 is 1.93 bits per heavy atom. The zero-order chi connectivity index (χ0) is 21.5. The largest absolute Gasteiger partial charge is 0.474 e. The number of hydrogen-bond acceptors (Lipinski definition) is 7. The predicted octanol–water partition coefficient (Wildman–Crippen LogP) is 2.61. The molecule has 1 aromatic carbocycles. The molecule has 11 heteroatoms. The summed E-state index contributed by atoms with van der Waals surface area (Å²) in [5.74, 6) is 0.250. The molecule has 1 fully saturated rings. The van der Waals surface area contributed by atoms with Crippen molar-refractivity contribution >= 4 is 39.2 Å². The highest BCUT2D eigenvalue weighted by Crippen LogP contribution is 2.38. The molecule has 8 nitrogen and oxygen atoms in total. The summed E-state index contributed by atoms with van der Waals surface area (Å²) in [4.78, 5) is 23.1. The minimum atomic E-state index is -3.49. The lowest BCUT2D eigenvalue weighted by Crippen LogP contribution is -2.39. The number of halogens is 1. The van der Waals surface area contributed by atoms with Crippen molar-refractivity contribution in [2.45, 2.75) is 30.3 Å². The monoisotopic (exact) mass is 452 g/mol. The Labute approximate surface area is 179 Å². The van der Waals surface area contributed by atoms with Gasteiger partial charge in [0.25, 0.3) is 5.24 Å². The lowest BCUT2D eigenvalue weighted by atomic mass is 10.1. The van der Waals surface area contributed by atoms with Crippen LogP contribution in [0.15, 0.2) is 29.4 Å². The number of ether oxygens (including phenoxy) is 1. The second kappa shape index (κ2) is 8.03. The summed E-state index contributed by atoms with van der Waals surface area (Å²) in [7, 11) is -3.49. The Balaban J connectivity index is 1.53. The van der Waals surface area contributed by atoms with E-state index in [-0.39, 0.29) is 16.2 Å². The smallest absolute Gasteiger partial charge is 0.278 e. The van der Waals surface area contributed by atoms with E-state index < -0.39 is 15.7 Å². The summed E-state index contributed by atoms with van der Waals surface area (Å²) in [6.07, 6.45) is 4.17. The van der Waals surface area contributed by atoms with Gasteiger partial charge >= 0.3 is 0 Å². The van der Waals surface area contributed by atoms with Crippen LogP contribution in [-0.4, -0.2) is 60.5 Å². The minimum Gasteiger partial charge on any atom is -0.474 e. The number of benzene rings is 1. The molecule has 1 amide bonds. The van der Waals surface area contributed by atoms with Crippen molar-refractivity contribution in [1.29, 1.82) is 0 Å². The summed E-state index contributed by atoms with van der Waals surface area (Å²) in [5, 5.41) is -0.244. The van der Waals surface area contributed by atoms with Gasteiger partial charge in [0.05, 0.1) is 10.6 Å². The lowest BCUT2D eigenvalue weighted by molar-refractivity contribution is 0.115. The highest BCUT2D eigenvalue weighted by Gasteiger charge is 2.28. The second-order valence-corrected chi connectivity index (χ2v) is 9.79. The van der Waals surface area contributed by atoms with Gasteiger partial charge < -0.3 is 14.5 Å². The maximum absolute atomic E-state index is 14.8. The number of carbonyl (C=O) groups excluding carboxylic acids is 1. The molecule has 0 saturated carbocycles. The van der Waals surface area contributed by atoms with Gasteiger partial charge in [0.2, 0.25) is 5.88 Å². The van der Waals surface area contributed by atoms with E-state index in [0.29, 0.717) is 61.8 Å². The van der Waals surface area contributed by atoms with Gasteiger partial charge in [0.15, 0.2) is 9.84 Å². The number of thiol groups is 1. The number of sulfone groups is 1. The third-order valence-electron chi connectivity index (χ3n) is 5.32. The van der Waals surface area contributed by atoms with Crippen LogP contribution >= 0.6 is 12.6 Å². The second-order valence-electron chi connectivity index (χ2n) is 7.39. The van der Waals surface area contributed by atoms with E-state index in [9.17, 15) is 17.6 Å². The van der Waals surface area contributed by atoms with Crippen LogP contribution < -0.4 is 9.64 Å². The van der Waals surface area contributed by atoms with Crippen molar-refractivity contribution in [1.82, 2.24) is 14.9 Å². The van der Waals surface area contributed by atoms with Crippen molar-refractivity contribution in [2.75, 3.05) is 30.8 Å². The fourth-order valence-corrected chi connectivity index (χ4v) is 4.66. The van der Waals surface area contributed by atoms with Crippen molar-refractivity contribution in [3.63, 3.8) is 0 Å². The van der Waals surface area contributed by atoms with Gasteiger partial charge in [-0.1, -0.05) is 12.6 Å². The average molecular weight is 453 g/mol. The molecule has 1 saturated heterocycles. The molecule has 0 spiro atoms. The van der Waals surface area contributed by atoms with Crippen LogP contribution in [0, 0.1) is 5.82 Å². The van der Waals surface area contributed by atoms with E-state index in [1.165, 1.54) is 12.4 Å². The first-order chi connectivity index (χ1) is 14.2. The first kappa shape index (κ1) is 20.9. The first-order valence-electron chi connectivity index (χ1n) is 9.49. The summed E-state index contributed by atoms with van der Waals surface area (Å²) < 4.78 is 44.3. The Hall–Kier alpha value is -2.40. The third-order valence-corrected chi connectivity index (χ3v) is 6.70. The number of amides is 1. The Morgan fingerprint density at radius 1 is 1.20 bits per heavy atom. The van der Waals surface area contributed by atoms with Gasteiger partial charge in [-0.15, -0.1) is 0 Å². The van der Waals surface area contributed by atoms with E-state index in [2.05, 4.69) is 22.6 Å². The molecule has 0 aliphatic carbocycles. The van der Waals surface area contributed by atoms with E-state index in [1.807, 2.05) is 0 Å². The number of anilines is 2. The van der Waals surface area contributed by atoms with Crippen molar-refractivity contribution < 1.29 is 22.3 Å². The minimum absolute atomic E-state index is 0.0293. The molecule has 0 radical (unpaired) electrons. The van der Waals surface area contributed by atoms with Gasteiger partial charge in [-0.05, 0) is 24.1 Å². The number of rotatable bonds is 4. The first-order valence-corrected chi connectivity index (χ1v) is 11.8. The number of hydrogen-bond donors (Lipinski definition) is 1. The molecule has 0 unspecified atom stereocenters. The molecule has 3 heterocycles. The number of aromatic nitrogens is 2. The van der Waals surface area contributed by atoms with Gasteiger partial charge in [0.1, 0.15) is 24.1 Å². The number of likely N-dealkylation sites (tertiary alicyclic amines) is 1. The maximum atomic E-state index is 14.8. The third kappa shape index (κ3) is 4.22. The Bertz CT molecular complexity index is 1090. The predicted molar refractivity (Wildman–Crippen MR) is 112 cm³/mol. The summed E-state index contributed by atoms with van der Waals surface area (Å²) >= 11 is 3.84. The van der Waals surface area contributed by atoms with Crippen LogP contribution in [0.3, 0.4) is 0 Å². The van der Waals surface area contributed by atoms with Crippen molar-refractivity contribution in [3.05, 3.63) is 35.9 Å². The fourth-order valence-electron chi connectivity index (χ4n) is 3.79. The van der Waals surface area contributed by atoms with E-state index in [1.54, 1.807) is 15.9 Å². The standard InChI is InChI=1S/C19H21FN4O4S2/c1-30(26,27)14-8-12-2-7-24(18(12)15(20)9-14)16-10-17(22-11-21-16)28-13-3-5-23(6-4-13)19(25)29/h8-11,13H,2-7H2,1H3,(H,25,29). The highest BCUT2D eigenvalue weighted by atomic mass is 32.2. The molecule has 0 N–H and O–H groups in total. The zero-order valence-corrected chi connectivity index (χ0v) is 18.0. The lowest BCUT2D eigenvalue weighted by Gasteiger charge is -2.30. The van der Waals surface area contributed by atoms with Crippen LogP contribution in [0.25, 0.3) is 0 Å². The van der Waals surface area contributed by atoms with Crippen LogP contribution in [0.2, 0.25) is 0 Å². The molecule has 0 bridgehead atoms. The number of fused-ring (bicyclic) bond motifs is 1. The molecular formula is C19H21FN4O4S2. The summed E-state index contributed by atoms with van der Waals surface area (Å²) in [6, 6.07) is 4.21. The Morgan fingerprint density at radius 3 is 2.60 bits per heavy atom. The van der Waals surface area contributed by atoms with Gasteiger partial charge in [-0.25, -0.2) is 22.8 Å². The normalized spacial score (nSPS) is 17.2. The van der Waals surface area contributed by atoms with Gasteiger partial charge in [-0.2, -0.15) is 0 Å². The molecule has 0 atom stereocenters. The summed E-state index contributed by atoms with van der Waals surface area (Å²) in [5.41, 5.74) is 0.952. The molecule has 2 aliphatic heterocycles. The molecule has 30 heavy (non-hydrogen) atoms. The van der Waals surface area contributed by atoms with Crippen LogP contribution in [0.4, 0.5) is 20.7 Å². The molecular weight excluding hydrogens is 431 g/mol. The number of nitrogens with zero attached hydrogens (tertiary/aromatic N) is 4. The van der Waals surface area contributed by atoms with Crippen molar-refractivity contribution in [3.8, 4) is 5.88 Å². The van der Waals surface area contributed by atoms with E-state index in [4.69, 9.17) is 4.74 Å². The average Bonchev–Trinajstić information content (AvgIpc) is 3.13. The maximum Gasteiger partial charge on any atom is 0.278 e. The molecule has 2 aliphatic rings. The number of piperidine rings is 1. The fraction of sp³-hybridized carbons (Fsp3) is 0.421. The highest BCUT2D eigenvalue weighted by molar-refractivity contribution is 7.96. The molecule has 1 aromatic heterocycles. The van der Waals surface area contributed by atoms with Crippen LogP contribution in [0.5, 0.6) is 5.88 Å². The van der Waals surface area contributed by atoms with Gasteiger partial charge in [-0.3, -0.25) is 4.79 Å². The van der Waals surface area contributed by atoms with Crippen LogP contribution in [0.1, 0.15) is 18.4 Å². The molecule has 160 valence electrons. The molecule has 4 rings (SSSR count). The summed E-state index contributed by atoms with van der Waals surface area (Å²) in [6.45, 7) is 1.61. The Kier molecular flexibility index (Phi) is 5.58. The van der Waals surface area contributed by atoms with E-state index in [0.717, 1.165) is 12.3 Å². The zero-order valence-electron chi connectivity index (χ0n) is 16.3. The van der Waals surface area contributed by atoms with Gasteiger partial charge in [0, 0.05) is 44.8 Å². The quantitative estimate of drug-likeness (QED) is 0.713. The van der Waals surface area contributed by atoms with E-state index >= 15 is 0 Å². The SMILES string of the molecule is CS(=O)(=O)c1cc(F)c2c(c1)CCN2c1cc(OC2CCN(C(=O)S)CC2)ncn1.